The Morgan fingerprint density at radius 2 is 1.86 bits per heavy atom. The molecule has 74 valence electrons. The van der Waals surface area contributed by atoms with Crippen molar-refractivity contribution < 1.29 is 4.74 Å². The summed E-state index contributed by atoms with van der Waals surface area (Å²) in [7, 11) is 1.66. The van der Waals surface area contributed by atoms with E-state index in [1.807, 2.05) is 24.3 Å². The molecule has 0 spiro atoms. The number of hydrogen-bond donors (Lipinski definition) is 0. The first kappa shape index (κ1) is 14.1. The topological polar surface area (TPSA) is 9.23 Å². The van der Waals surface area contributed by atoms with Gasteiger partial charge in [-0.2, -0.15) is 0 Å². The summed E-state index contributed by atoms with van der Waals surface area (Å²) in [5, 5.41) is 1.34. The minimum atomic E-state index is 0.887. The number of benzene rings is 1. The van der Waals surface area contributed by atoms with E-state index < -0.39 is 0 Å². The van der Waals surface area contributed by atoms with Gasteiger partial charge in [-0.1, -0.05) is 15.9 Å². The van der Waals surface area contributed by atoms with Crippen LogP contribution in [0.5, 0.6) is 5.75 Å². The second-order valence-corrected chi connectivity index (χ2v) is 3.93. The standard InChI is InChI=1S/C7H7BrO.C4H9.Li/c1-9-7-4-2-6(8)3-5-7;1-3-4-2;/h2-5H,1H3;1,3-4H2,2H3;. The molecule has 0 fully saturated rings. The summed E-state index contributed by atoms with van der Waals surface area (Å²) in [4.78, 5) is 0. The number of unbranched alkanes of at least 4 members (excludes halogenated alkanes) is 1. The summed E-state index contributed by atoms with van der Waals surface area (Å²) in [6.07, 6.45) is 2.73. The van der Waals surface area contributed by atoms with Crippen molar-refractivity contribution in [3.05, 3.63) is 28.7 Å². The Balaban J connectivity index is 0.000000292. The molecule has 0 amide bonds. The molecule has 14 heavy (non-hydrogen) atoms. The molecular formula is C11H16BrLiO. The van der Waals surface area contributed by atoms with Gasteiger partial charge in [0, 0.05) is 4.47 Å². The number of hydrogen-bond acceptors (Lipinski definition) is 1. The molecule has 1 aromatic rings. The zero-order valence-corrected chi connectivity index (χ0v) is 10.8. The number of rotatable bonds is 3. The van der Waals surface area contributed by atoms with Gasteiger partial charge in [-0.25, -0.2) is 0 Å². The van der Waals surface area contributed by atoms with E-state index >= 15 is 0 Å². The molecule has 0 bridgehead atoms. The Labute approximate surface area is 105 Å². The number of ether oxygens (including phenoxy) is 1. The molecule has 0 aliphatic heterocycles. The Kier molecular flexibility index (Phi) is 9.71. The van der Waals surface area contributed by atoms with Crippen molar-refractivity contribution in [2.75, 3.05) is 7.11 Å². The molecule has 1 rings (SSSR count). The molecule has 0 heterocycles. The van der Waals surface area contributed by atoms with E-state index in [0.29, 0.717) is 0 Å². The van der Waals surface area contributed by atoms with Gasteiger partial charge in [0.25, 0.3) is 0 Å². The predicted octanol–water partition coefficient (Wildman–Crippen LogP) is 3.83. The summed E-state index contributed by atoms with van der Waals surface area (Å²) >= 11 is 5.53. The second kappa shape index (κ2) is 9.64. The summed E-state index contributed by atoms with van der Waals surface area (Å²) < 4.78 is 6.02. The zero-order valence-electron chi connectivity index (χ0n) is 9.22. The Morgan fingerprint density at radius 3 is 2.14 bits per heavy atom. The Hall–Kier alpha value is 0.0974. The van der Waals surface area contributed by atoms with Gasteiger partial charge < -0.3 is 4.74 Å². The fourth-order valence-corrected chi connectivity index (χ4v) is 1.19. The summed E-state index contributed by atoms with van der Waals surface area (Å²) in [5.74, 6) is 0.887. The Bertz CT molecular complexity index is 221. The minimum absolute atomic E-state index is 0.887. The van der Waals surface area contributed by atoms with Crippen LogP contribution in [0.25, 0.3) is 0 Å². The first-order chi connectivity index (χ1) is 6.74. The summed E-state index contributed by atoms with van der Waals surface area (Å²) in [5.41, 5.74) is 0. The third kappa shape index (κ3) is 7.50. The van der Waals surface area contributed by atoms with Crippen molar-refractivity contribution in [3.63, 3.8) is 0 Å². The predicted molar refractivity (Wildman–Crippen MR) is 66.2 cm³/mol. The van der Waals surface area contributed by atoms with E-state index in [0.717, 1.165) is 10.2 Å². The average Bonchev–Trinajstić information content (AvgIpc) is 2.21. The SMILES string of the molecule is COc1ccc(Br)cc1.[Li][CH2]CCC. The van der Waals surface area contributed by atoms with Crippen molar-refractivity contribution in [2.45, 2.75) is 24.9 Å². The van der Waals surface area contributed by atoms with Crippen LogP contribution in [0.4, 0.5) is 0 Å². The van der Waals surface area contributed by atoms with Crippen molar-refractivity contribution >= 4 is 33.6 Å². The van der Waals surface area contributed by atoms with Gasteiger partial charge in [-0.3, -0.25) is 0 Å². The monoisotopic (exact) mass is 250 g/mol. The molecule has 0 saturated heterocycles. The van der Waals surface area contributed by atoms with Crippen molar-refractivity contribution in [2.24, 2.45) is 0 Å². The zero-order chi connectivity index (χ0) is 10.8. The molecule has 0 aliphatic carbocycles. The van der Waals surface area contributed by atoms with Gasteiger partial charge in [0.05, 0.1) is 7.11 Å². The van der Waals surface area contributed by atoms with Crippen LogP contribution in [0.3, 0.4) is 0 Å². The number of halogens is 1. The van der Waals surface area contributed by atoms with Gasteiger partial charge in [-0.05, 0) is 24.3 Å². The van der Waals surface area contributed by atoms with Gasteiger partial charge in [0.2, 0.25) is 0 Å². The van der Waals surface area contributed by atoms with Crippen LogP contribution >= 0.6 is 15.9 Å². The van der Waals surface area contributed by atoms with Gasteiger partial charge in [0.15, 0.2) is 0 Å². The van der Waals surface area contributed by atoms with Crippen molar-refractivity contribution in [3.8, 4) is 5.75 Å². The molecular weight excluding hydrogens is 235 g/mol. The average molecular weight is 251 g/mol. The third-order valence-corrected chi connectivity index (χ3v) is 2.29. The van der Waals surface area contributed by atoms with Gasteiger partial charge >= 0.3 is 42.6 Å². The van der Waals surface area contributed by atoms with E-state index in [2.05, 4.69) is 40.6 Å². The van der Waals surface area contributed by atoms with Crippen LogP contribution in [-0.2, 0) is 0 Å². The molecule has 0 saturated carbocycles. The molecule has 3 heteroatoms. The van der Waals surface area contributed by atoms with Crippen molar-refractivity contribution in [1.29, 1.82) is 0 Å². The van der Waals surface area contributed by atoms with E-state index in [-0.39, 0.29) is 0 Å². The van der Waals surface area contributed by atoms with Crippen LogP contribution < -0.4 is 4.74 Å². The summed E-state index contributed by atoms with van der Waals surface area (Å²) in [6.45, 7) is 2.21. The molecule has 0 unspecified atom stereocenters. The van der Waals surface area contributed by atoms with Crippen LogP contribution in [0.1, 0.15) is 19.8 Å². The van der Waals surface area contributed by atoms with E-state index in [1.165, 1.54) is 17.9 Å². The molecule has 0 aliphatic rings. The summed E-state index contributed by atoms with van der Waals surface area (Å²) in [6, 6.07) is 7.70. The first-order valence-corrected chi connectivity index (χ1v) is 5.83. The second-order valence-electron chi connectivity index (χ2n) is 3.01. The van der Waals surface area contributed by atoms with Crippen LogP contribution in [0, 0.1) is 0 Å². The van der Waals surface area contributed by atoms with Crippen LogP contribution in [0.15, 0.2) is 28.7 Å². The van der Waals surface area contributed by atoms with Crippen LogP contribution in [0.2, 0.25) is 5.09 Å². The number of methoxy groups -OCH3 is 1. The fourth-order valence-electron chi connectivity index (χ4n) is 0.924. The quantitative estimate of drug-likeness (QED) is 0.742. The third-order valence-electron chi connectivity index (χ3n) is 1.76. The van der Waals surface area contributed by atoms with Gasteiger partial charge in [0.1, 0.15) is 5.75 Å². The van der Waals surface area contributed by atoms with Gasteiger partial charge in [-0.15, -0.1) is 0 Å². The fraction of sp³-hybridized carbons (Fsp3) is 0.455. The molecule has 0 N–H and O–H groups in total. The molecule has 0 atom stereocenters. The van der Waals surface area contributed by atoms with E-state index in [1.54, 1.807) is 7.11 Å². The maximum atomic E-state index is 4.95. The van der Waals surface area contributed by atoms with Crippen LogP contribution in [-0.4, -0.2) is 24.8 Å². The van der Waals surface area contributed by atoms with E-state index in [4.69, 9.17) is 4.74 Å². The molecule has 0 radical (unpaired) electrons. The molecule has 1 nitrogen and oxygen atoms in total. The normalized spacial score (nSPS) is 8.93. The molecule has 0 aromatic heterocycles. The molecule has 1 aromatic carbocycles. The maximum absolute atomic E-state index is 4.95. The van der Waals surface area contributed by atoms with E-state index in [9.17, 15) is 0 Å². The first-order valence-electron chi connectivity index (χ1n) is 5.04. The van der Waals surface area contributed by atoms with Crippen molar-refractivity contribution in [1.82, 2.24) is 0 Å². The Morgan fingerprint density at radius 1 is 1.29 bits per heavy atom.